The zero-order valence-electron chi connectivity index (χ0n) is 36.2. The van der Waals surface area contributed by atoms with Gasteiger partial charge in [0.15, 0.2) is 0 Å². The number of hydroxylamine groups is 2. The lowest BCUT2D eigenvalue weighted by Crippen LogP contribution is -2.64. The predicted octanol–water partition coefficient (Wildman–Crippen LogP) is 12.4. The normalized spacial score (nSPS) is 29.8. The fraction of sp³-hybridized carbons (Fsp3) is 0.520. The summed E-state index contributed by atoms with van der Waals surface area (Å²) in [6.07, 6.45) is 21.4. The van der Waals surface area contributed by atoms with E-state index in [9.17, 15) is 0 Å². The van der Waals surface area contributed by atoms with Crippen LogP contribution in [0, 0.1) is 28.4 Å². The number of benzene rings is 2. The van der Waals surface area contributed by atoms with Crippen molar-refractivity contribution in [2.45, 2.75) is 125 Å². The lowest BCUT2D eigenvalue weighted by atomic mass is 9.70. The third-order valence-corrected chi connectivity index (χ3v) is 13.7. The monoisotopic (exact) mass is 744 g/mol. The molecule has 0 amide bonds. The summed E-state index contributed by atoms with van der Waals surface area (Å²) < 4.78 is 6.66. The quantitative estimate of drug-likeness (QED) is 0.170. The number of likely N-dealkylation sites (tertiary alicyclic amines) is 1. The number of quaternary nitrogens is 1. The highest BCUT2D eigenvalue weighted by atomic mass is 16.6. The summed E-state index contributed by atoms with van der Waals surface area (Å²) >= 11 is 0. The Morgan fingerprint density at radius 3 is 2.24 bits per heavy atom. The minimum atomic E-state index is -0.719. The van der Waals surface area contributed by atoms with Crippen LogP contribution in [0.15, 0.2) is 120 Å². The van der Waals surface area contributed by atoms with Crippen molar-refractivity contribution in [2.24, 2.45) is 23.2 Å². The van der Waals surface area contributed by atoms with E-state index >= 15 is 5.21 Å². The van der Waals surface area contributed by atoms with Crippen molar-refractivity contribution >= 4 is 11.4 Å². The van der Waals surface area contributed by atoms with Gasteiger partial charge in [0.25, 0.3) is 0 Å². The van der Waals surface area contributed by atoms with Crippen LogP contribution in [-0.2, 0) is 5.41 Å². The number of allylic oxidation sites excluding steroid dienone is 8. The molecule has 2 aliphatic heterocycles. The van der Waals surface area contributed by atoms with Gasteiger partial charge in [-0.25, -0.2) is 0 Å². The molecule has 0 aromatic heterocycles. The average Bonchev–Trinajstić information content (AvgIpc) is 3.37. The van der Waals surface area contributed by atoms with Gasteiger partial charge in [0.1, 0.15) is 22.7 Å². The van der Waals surface area contributed by atoms with Crippen molar-refractivity contribution in [1.29, 1.82) is 0 Å². The maximum atomic E-state index is 15.4. The van der Waals surface area contributed by atoms with Crippen LogP contribution >= 0.6 is 0 Å². The van der Waals surface area contributed by atoms with Crippen molar-refractivity contribution in [3.05, 3.63) is 131 Å². The molecule has 4 unspecified atom stereocenters. The molecule has 5 nitrogen and oxygen atoms in total. The van der Waals surface area contributed by atoms with E-state index in [0.29, 0.717) is 24.4 Å². The van der Waals surface area contributed by atoms with E-state index in [4.69, 9.17) is 4.74 Å². The lowest BCUT2D eigenvalue weighted by molar-refractivity contribution is 0.153. The molecule has 55 heavy (non-hydrogen) atoms. The Labute approximate surface area is 334 Å². The summed E-state index contributed by atoms with van der Waals surface area (Å²) in [6.45, 7) is 28.8. The Hall–Kier alpha value is -3.80. The number of hydrogen-bond acceptors (Lipinski definition) is 4. The van der Waals surface area contributed by atoms with E-state index in [1.807, 2.05) is 6.07 Å². The molecule has 2 aromatic rings. The number of para-hydroxylation sites is 1. The number of hydrogen-bond donors (Lipinski definition) is 0. The van der Waals surface area contributed by atoms with Gasteiger partial charge in [-0.1, -0.05) is 96.2 Å². The summed E-state index contributed by atoms with van der Waals surface area (Å²) in [5.74, 6) is 2.89. The molecule has 0 saturated carbocycles. The van der Waals surface area contributed by atoms with E-state index in [0.717, 1.165) is 59.8 Å². The SMILES string of the molecule is CC(C)CN1/C(=C/C=C2\CCCC(/C=C/C3(C)C(C)(C)c4ccccc4[N+]3([O-])CC(C)C)=C2Oc2ccc(N(C)C(C)C)cc2)C(C)(C)C2C=CC=CC21C. The molecule has 2 aromatic carbocycles. The lowest BCUT2D eigenvalue weighted by Gasteiger charge is -2.54. The smallest absolute Gasteiger partial charge is 0.137 e. The summed E-state index contributed by atoms with van der Waals surface area (Å²) in [5, 5.41) is 15.4. The van der Waals surface area contributed by atoms with Crippen molar-refractivity contribution in [1.82, 2.24) is 9.55 Å². The first kappa shape index (κ1) is 40.9. The van der Waals surface area contributed by atoms with Gasteiger partial charge in [-0.05, 0) is 120 Å². The minimum absolute atomic E-state index is 0.0498. The number of ether oxygens (including phenoxy) is 1. The minimum Gasteiger partial charge on any atom is -0.627 e. The van der Waals surface area contributed by atoms with Crippen LogP contribution in [0.4, 0.5) is 11.4 Å². The molecule has 5 heteroatoms. The molecule has 1 saturated heterocycles. The second-order valence-electron chi connectivity index (χ2n) is 19.4. The predicted molar refractivity (Wildman–Crippen MR) is 235 cm³/mol. The number of anilines is 1. The molecule has 6 rings (SSSR count). The van der Waals surface area contributed by atoms with Crippen molar-refractivity contribution in [3.63, 3.8) is 0 Å². The van der Waals surface area contributed by atoms with Crippen LogP contribution < -0.4 is 14.3 Å². The molecule has 0 spiro atoms. The molecule has 1 fully saturated rings. The van der Waals surface area contributed by atoms with Crippen LogP contribution in [0.25, 0.3) is 0 Å². The molecule has 4 atom stereocenters. The molecule has 0 bridgehead atoms. The first-order valence-corrected chi connectivity index (χ1v) is 21.0. The second kappa shape index (κ2) is 14.9. The first-order chi connectivity index (χ1) is 25.8. The van der Waals surface area contributed by atoms with Gasteiger partial charge < -0.3 is 24.4 Å². The molecule has 2 aliphatic carbocycles. The Bertz CT molecular complexity index is 1920. The average molecular weight is 744 g/mol. The maximum Gasteiger partial charge on any atom is 0.137 e. The molecule has 2 heterocycles. The highest BCUT2D eigenvalue weighted by molar-refractivity contribution is 5.65. The maximum absolute atomic E-state index is 15.4. The zero-order valence-corrected chi connectivity index (χ0v) is 36.2. The Kier molecular flexibility index (Phi) is 11.1. The molecule has 0 radical (unpaired) electrons. The Balaban J connectivity index is 1.48. The molecular weight excluding hydrogens is 675 g/mol. The topological polar surface area (TPSA) is 38.8 Å². The summed E-state index contributed by atoms with van der Waals surface area (Å²) in [7, 11) is 2.13. The van der Waals surface area contributed by atoms with Gasteiger partial charge in [0, 0.05) is 53.8 Å². The summed E-state index contributed by atoms with van der Waals surface area (Å²) in [6, 6.07) is 17.2. The van der Waals surface area contributed by atoms with E-state index in [1.165, 1.54) is 11.3 Å². The van der Waals surface area contributed by atoms with Crippen LogP contribution in [-0.4, -0.2) is 42.2 Å². The fourth-order valence-electron chi connectivity index (χ4n) is 10.1. The molecule has 0 N–H and O–H groups in total. The van der Waals surface area contributed by atoms with E-state index < -0.39 is 5.54 Å². The standard InChI is InChI=1S/C50H69N3O2/c1-35(2)33-52-45(47(7,8)44-23-16-17-31-49(44,52)11)29-24-38-19-18-20-39(46(38)55-41-27-25-40(26-28-41)51(13)37(5)6)30-32-50(12)48(9,10)42-21-14-15-22-43(42)53(50,54)34-36(3)4/h14-17,21-32,35-37,44H,18-20,33-34H2,1-13H3/b32-30+,38-24+,45-29+. The second-order valence-corrected chi connectivity index (χ2v) is 19.4. The summed E-state index contributed by atoms with van der Waals surface area (Å²) in [5.41, 5.74) is 5.72. The molecule has 4 aliphatic rings. The Morgan fingerprint density at radius 1 is 0.891 bits per heavy atom. The summed E-state index contributed by atoms with van der Waals surface area (Å²) in [4.78, 5) is 4.94. The van der Waals surface area contributed by atoms with Gasteiger partial charge in [0.2, 0.25) is 0 Å². The highest BCUT2D eigenvalue weighted by Gasteiger charge is 2.61. The number of nitrogens with zero attached hydrogens (tertiary/aromatic N) is 3. The van der Waals surface area contributed by atoms with Crippen molar-refractivity contribution < 1.29 is 4.74 Å². The van der Waals surface area contributed by atoms with Crippen molar-refractivity contribution in [3.8, 4) is 5.75 Å². The molecular formula is C50H69N3O2. The largest absolute Gasteiger partial charge is 0.627 e. The van der Waals surface area contributed by atoms with Gasteiger partial charge in [0.05, 0.1) is 17.5 Å². The van der Waals surface area contributed by atoms with Crippen LogP contribution in [0.3, 0.4) is 0 Å². The van der Waals surface area contributed by atoms with Crippen molar-refractivity contribution in [2.75, 3.05) is 25.0 Å². The number of fused-ring (bicyclic) bond motifs is 2. The molecule has 296 valence electrons. The third-order valence-electron chi connectivity index (χ3n) is 13.7. The van der Waals surface area contributed by atoms with Gasteiger partial charge in [-0.15, -0.1) is 0 Å². The van der Waals surface area contributed by atoms with Gasteiger partial charge in [-0.2, -0.15) is 0 Å². The third kappa shape index (κ3) is 6.99. The van der Waals surface area contributed by atoms with Gasteiger partial charge in [-0.3, -0.25) is 0 Å². The van der Waals surface area contributed by atoms with E-state index in [2.05, 4.69) is 191 Å². The van der Waals surface area contributed by atoms with E-state index in [-0.39, 0.29) is 26.9 Å². The van der Waals surface area contributed by atoms with Crippen LogP contribution in [0.2, 0.25) is 0 Å². The first-order valence-electron chi connectivity index (χ1n) is 21.0. The van der Waals surface area contributed by atoms with Gasteiger partial charge >= 0.3 is 0 Å². The van der Waals surface area contributed by atoms with Crippen LogP contribution in [0.5, 0.6) is 5.75 Å². The fourth-order valence-corrected chi connectivity index (χ4v) is 10.1. The Morgan fingerprint density at radius 2 is 1.58 bits per heavy atom. The highest BCUT2D eigenvalue weighted by Crippen LogP contribution is 2.58. The number of rotatable bonds is 11. The van der Waals surface area contributed by atoms with Crippen LogP contribution in [0.1, 0.15) is 108 Å². The zero-order chi connectivity index (χ0) is 40.1. The van der Waals surface area contributed by atoms with E-state index in [1.54, 1.807) is 0 Å².